The first-order valence-electron chi connectivity index (χ1n) is 6.15. The van der Waals surface area contributed by atoms with E-state index in [1.807, 2.05) is 25.1 Å². The number of aryl methyl sites for hydroxylation is 1. The summed E-state index contributed by atoms with van der Waals surface area (Å²) < 4.78 is 6.03. The second-order valence-electron chi connectivity index (χ2n) is 5.24. The predicted molar refractivity (Wildman–Crippen MR) is 71.6 cm³/mol. The molecule has 2 N–H and O–H groups in total. The van der Waals surface area contributed by atoms with Crippen LogP contribution in [0.3, 0.4) is 0 Å². The molecule has 3 unspecified atom stereocenters. The van der Waals surface area contributed by atoms with Gasteiger partial charge in [0, 0.05) is 17.9 Å². The quantitative estimate of drug-likeness (QED) is 0.894. The van der Waals surface area contributed by atoms with Gasteiger partial charge in [0.05, 0.1) is 5.02 Å². The summed E-state index contributed by atoms with van der Waals surface area (Å²) in [6.45, 7) is 6.39. The maximum Gasteiger partial charge on any atom is 0.138 e. The molecule has 17 heavy (non-hydrogen) atoms. The first-order chi connectivity index (χ1) is 7.97. The smallest absolute Gasteiger partial charge is 0.138 e. The Morgan fingerprint density at radius 1 is 1.53 bits per heavy atom. The number of rotatable bonds is 3. The first-order valence-corrected chi connectivity index (χ1v) is 6.53. The standard InChI is InChI=1S/C14H20ClNO/c1-4-14(3)12(16)8-13(14)17-11-7-9(2)5-6-10(11)15/h5-7,12-13H,4,8,16H2,1-3H3. The summed E-state index contributed by atoms with van der Waals surface area (Å²) in [6, 6.07) is 6.10. The van der Waals surface area contributed by atoms with Crippen molar-refractivity contribution in [3.8, 4) is 5.75 Å². The highest BCUT2D eigenvalue weighted by Crippen LogP contribution is 2.45. The SMILES string of the molecule is CCC1(C)C(N)CC1Oc1cc(C)ccc1Cl. The summed E-state index contributed by atoms with van der Waals surface area (Å²) in [6.07, 6.45) is 2.12. The molecule has 2 rings (SSSR count). The summed E-state index contributed by atoms with van der Waals surface area (Å²) in [4.78, 5) is 0. The largest absolute Gasteiger partial charge is 0.488 e. The molecule has 3 heteroatoms. The molecule has 3 atom stereocenters. The predicted octanol–water partition coefficient (Wildman–Crippen LogP) is 3.54. The summed E-state index contributed by atoms with van der Waals surface area (Å²) in [7, 11) is 0. The molecule has 0 spiro atoms. The fraction of sp³-hybridized carbons (Fsp3) is 0.571. The first kappa shape index (κ1) is 12.7. The highest BCUT2D eigenvalue weighted by Gasteiger charge is 2.50. The van der Waals surface area contributed by atoms with Crippen molar-refractivity contribution in [1.29, 1.82) is 0 Å². The fourth-order valence-corrected chi connectivity index (χ4v) is 2.54. The number of ether oxygens (including phenoxy) is 1. The highest BCUT2D eigenvalue weighted by molar-refractivity contribution is 6.32. The van der Waals surface area contributed by atoms with Crippen LogP contribution >= 0.6 is 11.6 Å². The van der Waals surface area contributed by atoms with Crippen molar-refractivity contribution >= 4 is 11.6 Å². The van der Waals surface area contributed by atoms with E-state index in [2.05, 4.69) is 13.8 Å². The molecule has 1 aliphatic carbocycles. The van der Waals surface area contributed by atoms with Crippen LogP contribution in [0.2, 0.25) is 5.02 Å². The molecule has 0 aromatic heterocycles. The summed E-state index contributed by atoms with van der Waals surface area (Å²) in [5, 5.41) is 0.675. The van der Waals surface area contributed by atoms with E-state index in [9.17, 15) is 0 Å². The molecule has 1 aromatic rings. The molecule has 0 aliphatic heterocycles. The lowest BCUT2D eigenvalue weighted by Gasteiger charge is -2.51. The van der Waals surface area contributed by atoms with Gasteiger partial charge >= 0.3 is 0 Å². The van der Waals surface area contributed by atoms with Gasteiger partial charge in [0.2, 0.25) is 0 Å². The Morgan fingerprint density at radius 2 is 2.24 bits per heavy atom. The monoisotopic (exact) mass is 253 g/mol. The van der Waals surface area contributed by atoms with Crippen LogP contribution in [0.5, 0.6) is 5.75 Å². The van der Waals surface area contributed by atoms with Crippen molar-refractivity contribution in [2.24, 2.45) is 11.1 Å². The Morgan fingerprint density at radius 3 is 2.82 bits per heavy atom. The molecule has 0 saturated heterocycles. The zero-order valence-electron chi connectivity index (χ0n) is 10.7. The van der Waals surface area contributed by atoms with Crippen LogP contribution in [0.15, 0.2) is 18.2 Å². The van der Waals surface area contributed by atoms with E-state index in [0.29, 0.717) is 5.02 Å². The number of nitrogens with two attached hydrogens (primary N) is 1. The average Bonchev–Trinajstić information content (AvgIpc) is 2.32. The van der Waals surface area contributed by atoms with E-state index in [4.69, 9.17) is 22.1 Å². The Balaban J connectivity index is 2.14. The summed E-state index contributed by atoms with van der Waals surface area (Å²) >= 11 is 6.14. The van der Waals surface area contributed by atoms with Gasteiger partial charge in [0.15, 0.2) is 0 Å². The second kappa shape index (κ2) is 4.51. The van der Waals surface area contributed by atoms with Crippen LogP contribution in [0.4, 0.5) is 0 Å². The molecule has 0 bridgehead atoms. The lowest BCUT2D eigenvalue weighted by Crippen LogP contribution is -2.61. The Kier molecular flexibility index (Phi) is 3.37. The molecule has 0 heterocycles. The molecule has 0 radical (unpaired) electrons. The van der Waals surface area contributed by atoms with E-state index in [-0.39, 0.29) is 17.6 Å². The van der Waals surface area contributed by atoms with Crippen molar-refractivity contribution in [1.82, 2.24) is 0 Å². The molecule has 1 saturated carbocycles. The molecule has 94 valence electrons. The van der Waals surface area contributed by atoms with Gasteiger partial charge in [0.25, 0.3) is 0 Å². The van der Waals surface area contributed by atoms with Crippen LogP contribution in [-0.4, -0.2) is 12.1 Å². The van der Waals surface area contributed by atoms with E-state index < -0.39 is 0 Å². The van der Waals surface area contributed by atoms with Crippen LogP contribution in [0.25, 0.3) is 0 Å². The van der Waals surface area contributed by atoms with Crippen molar-refractivity contribution in [2.45, 2.75) is 45.8 Å². The number of hydrogen-bond donors (Lipinski definition) is 1. The topological polar surface area (TPSA) is 35.2 Å². The van der Waals surface area contributed by atoms with Gasteiger partial charge in [-0.15, -0.1) is 0 Å². The van der Waals surface area contributed by atoms with Gasteiger partial charge in [-0.3, -0.25) is 0 Å². The maximum absolute atomic E-state index is 6.14. The van der Waals surface area contributed by atoms with E-state index in [1.165, 1.54) is 0 Å². The van der Waals surface area contributed by atoms with Gasteiger partial charge in [-0.2, -0.15) is 0 Å². The van der Waals surface area contributed by atoms with Gasteiger partial charge in [-0.1, -0.05) is 31.5 Å². The van der Waals surface area contributed by atoms with Crippen LogP contribution in [0.1, 0.15) is 32.3 Å². The number of benzene rings is 1. The zero-order chi connectivity index (χ0) is 12.6. The number of halogens is 1. The molecular weight excluding hydrogens is 234 g/mol. The average molecular weight is 254 g/mol. The molecule has 2 nitrogen and oxygen atoms in total. The highest BCUT2D eigenvalue weighted by atomic mass is 35.5. The minimum atomic E-state index is 0.0765. The maximum atomic E-state index is 6.14. The minimum absolute atomic E-state index is 0.0765. The van der Waals surface area contributed by atoms with Crippen molar-refractivity contribution in [3.05, 3.63) is 28.8 Å². The molecule has 1 aliphatic rings. The third-order valence-corrected chi connectivity index (χ3v) is 4.48. The molecular formula is C14H20ClNO. The van der Waals surface area contributed by atoms with Crippen molar-refractivity contribution < 1.29 is 4.74 Å². The van der Waals surface area contributed by atoms with Crippen molar-refractivity contribution in [3.63, 3.8) is 0 Å². The van der Waals surface area contributed by atoms with E-state index in [1.54, 1.807) is 0 Å². The second-order valence-corrected chi connectivity index (χ2v) is 5.65. The van der Waals surface area contributed by atoms with Gasteiger partial charge in [-0.05, 0) is 31.0 Å². The van der Waals surface area contributed by atoms with Crippen LogP contribution < -0.4 is 10.5 Å². The lowest BCUT2D eigenvalue weighted by molar-refractivity contribution is -0.0559. The molecule has 1 aromatic carbocycles. The third-order valence-electron chi connectivity index (χ3n) is 4.17. The Labute approximate surface area is 108 Å². The fourth-order valence-electron chi connectivity index (χ4n) is 2.37. The van der Waals surface area contributed by atoms with Gasteiger partial charge in [-0.25, -0.2) is 0 Å². The van der Waals surface area contributed by atoms with E-state index >= 15 is 0 Å². The van der Waals surface area contributed by atoms with Gasteiger partial charge < -0.3 is 10.5 Å². The molecule has 0 amide bonds. The van der Waals surface area contributed by atoms with Crippen molar-refractivity contribution in [2.75, 3.05) is 0 Å². The molecule has 1 fully saturated rings. The summed E-state index contributed by atoms with van der Waals surface area (Å²) in [5.74, 6) is 0.781. The zero-order valence-corrected chi connectivity index (χ0v) is 11.4. The van der Waals surface area contributed by atoms with Crippen LogP contribution in [0, 0.1) is 12.3 Å². The van der Waals surface area contributed by atoms with Gasteiger partial charge in [0.1, 0.15) is 11.9 Å². The van der Waals surface area contributed by atoms with E-state index in [0.717, 1.165) is 24.2 Å². The van der Waals surface area contributed by atoms with Crippen LogP contribution in [-0.2, 0) is 0 Å². The minimum Gasteiger partial charge on any atom is -0.488 e. The summed E-state index contributed by atoms with van der Waals surface area (Å²) in [5.41, 5.74) is 7.30. The Bertz CT molecular complexity index is 421. The third kappa shape index (κ3) is 2.16. The Hall–Kier alpha value is -0.730. The lowest BCUT2D eigenvalue weighted by atomic mass is 9.62. The number of hydrogen-bond acceptors (Lipinski definition) is 2. The normalized spacial score (nSPS) is 32.1.